The van der Waals surface area contributed by atoms with Gasteiger partial charge in [0.05, 0.1) is 5.69 Å². The first-order valence-electron chi connectivity index (χ1n) is 6.20. The molecule has 4 nitrogen and oxygen atoms in total. The molecule has 0 radical (unpaired) electrons. The molecule has 1 N–H and O–H groups in total. The lowest BCUT2D eigenvalue weighted by Crippen LogP contribution is -2.17. The number of nitrogens with one attached hydrogen (secondary N) is 1. The largest absolute Gasteiger partial charge is 0.344 e. The van der Waals surface area contributed by atoms with Gasteiger partial charge in [-0.3, -0.25) is 4.79 Å². The molecule has 100 valence electrons. The van der Waals surface area contributed by atoms with Gasteiger partial charge in [-0.05, 0) is 37.1 Å². The number of amides is 1. The summed E-state index contributed by atoms with van der Waals surface area (Å²) in [6.45, 7) is 4.79. The van der Waals surface area contributed by atoms with E-state index >= 15 is 0 Å². The molecule has 5 heteroatoms. The molecule has 0 atom stereocenters. The molecule has 2 rings (SSSR count). The van der Waals surface area contributed by atoms with Gasteiger partial charge in [0.15, 0.2) is 5.15 Å². The van der Waals surface area contributed by atoms with Gasteiger partial charge >= 0.3 is 0 Å². The first kappa shape index (κ1) is 13.6. The maximum Gasteiger partial charge on any atom is 0.272 e. The Morgan fingerprint density at radius 3 is 3.05 bits per heavy atom. The molecule has 1 amide bonds. The Bertz CT molecular complexity index is 592. The molecule has 0 aliphatic carbocycles. The van der Waals surface area contributed by atoms with Crippen molar-refractivity contribution in [2.24, 2.45) is 0 Å². The van der Waals surface area contributed by atoms with Crippen molar-refractivity contribution in [2.75, 3.05) is 5.32 Å². The standard InChI is InChI=1S/C14H16ClN3O/c1-3-6-18-7-4-5-12(18)14(19)17-11-8-10(2)9-16-13(11)15/h4-5,7-9H,3,6H2,1-2H3,(H,17,19). The summed E-state index contributed by atoms with van der Waals surface area (Å²) < 4.78 is 1.92. The monoisotopic (exact) mass is 277 g/mol. The zero-order chi connectivity index (χ0) is 13.8. The van der Waals surface area contributed by atoms with E-state index in [1.54, 1.807) is 18.3 Å². The molecule has 2 aromatic rings. The van der Waals surface area contributed by atoms with E-state index < -0.39 is 0 Å². The lowest BCUT2D eigenvalue weighted by Gasteiger charge is -2.10. The minimum atomic E-state index is -0.173. The Labute approximate surface area is 117 Å². The number of carbonyl (C=O) groups excluding carboxylic acids is 1. The van der Waals surface area contributed by atoms with E-state index in [0.717, 1.165) is 18.5 Å². The SMILES string of the molecule is CCCn1cccc1C(=O)Nc1cc(C)cnc1Cl. The molecular formula is C14H16ClN3O. The van der Waals surface area contributed by atoms with Crippen molar-refractivity contribution in [3.8, 4) is 0 Å². The van der Waals surface area contributed by atoms with Gasteiger partial charge in [0.1, 0.15) is 5.69 Å². The highest BCUT2D eigenvalue weighted by atomic mass is 35.5. The molecular weight excluding hydrogens is 262 g/mol. The summed E-state index contributed by atoms with van der Waals surface area (Å²) in [7, 11) is 0. The Morgan fingerprint density at radius 1 is 1.53 bits per heavy atom. The number of halogens is 1. The maximum absolute atomic E-state index is 12.2. The van der Waals surface area contributed by atoms with Gasteiger partial charge in [0.2, 0.25) is 0 Å². The van der Waals surface area contributed by atoms with Crippen LogP contribution in [0.4, 0.5) is 5.69 Å². The van der Waals surface area contributed by atoms with Gasteiger partial charge in [-0.15, -0.1) is 0 Å². The van der Waals surface area contributed by atoms with Gasteiger partial charge in [0.25, 0.3) is 5.91 Å². The van der Waals surface area contributed by atoms with Crippen molar-refractivity contribution in [1.82, 2.24) is 9.55 Å². The fourth-order valence-electron chi connectivity index (χ4n) is 1.88. The molecule has 2 aromatic heterocycles. The molecule has 0 spiro atoms. The van der Waals surface area contributed by atoms with Crippen LogP contribution in [-0.2, 0) is 6.54 Å². The van der Waals surface area contributed by atoms with Crippen LogP contribution in [0.5, 0.6) is 0 Å². The van der Waals surface area contributed by atoms with Crippen LogP contribution in [0, 0.1) is 6.92 Å². The topological polar surface area (TPSA) is 46.9 Å². The third-order valence-electron chi connectivity index (χ3n) is 2.75. The van der Waals surface area contributed by atoms with Crippen LogP contribution in [-0.4, -0.2) is 15.5 Å². The number of anilines is 1. The second-order valence-corrected chi connectivity index (χ2v) is 4.75. The number of pyridine rings is 1. The maximum atomic E-state index is 12.2. The molecule has 0 aliphatic rings. The second kappa shape index (κ2) is 5.89. The molecule has 0 saturated heterocycles. The smallest absolute Gasteiger partial charge is 0.272 e. The van der Waals surface area contributed by atoms with Gasteiger partial charge in [-0.2, -0.15) is 0 Å². The Morgan fingerprint density at radius 2 is 2.32 bits per heavy atom. The summed E-state index contributed by atoms with van der Waals surface area (Å²) in [5.41, 5.74) is 2.11. The molecule has 2 heterocycles. The van der Waals surface area contributed by atoms with E-state index in [4.69, 9.17) is 11.6 Å². The van der Waals surface area contributed by atoms with Crippen molar-refractivity contribution in [3.63, 3.8) is 0 Å². The van der Waals surface area contributed by atoms with E-state index in [1.165, 1.54) is 0 Å². The Hall–Kier alpha value is -1.81. The Balaban J connectivity index is 2.21. The van der Waals surface area contributed by atoms with Crippen LogP contribution in [0.1, 0.15) is 29.4 Å². The lowest BCUT2D eigenvalue weighted by molar-refractivity contribution is 0.101. The minimum Gasteiger partial charge on any atom is -0.344 e. The molecule has 0 saturated carbocycles. The van der Waals surface area contributed by atoms with Crippen LogP contribution in [0.15, 0.2) is 30.6 Å². The first-order chi connectivity index (χ1) is 9.11. The predicted molar refractivity (Wildman–Crippen MR) is 76.7 cm³/mol. The van der Waals surface area contributed by atoms with E-state index in [1.807, 2.05) is 23.8 Å². The number of aromatic nitrogens is 2. The zero-order valence-electron chi connectivity index (χ0n) is 11.0. The molecule has 0 unspecified atom stereocenters. The number of hydrogen-bond donors (Lipinski definition) is 1. The average Bonchev–Trinajstić information content (AvgIpc) is 2.82. The van der Waals surface area contributed by atoms with E-state index in [9.17, 15) is 4.79 Å². The third kappa shape index (κ3) is 3.15. The zero-order valence-corrected chi connectivity index (χ0v) is 11.7. The van der Waals surface area contributed by atoms with Crippen molar-refractivity contribution >= 4 is 23.2 Å². The summed E-state index contributed by atoms with van der Waals surface area (Å²) in [4.78, 5) is 16.2. The fourth-order valence-corrected chi connectivity index (χ4v) is 2.03. The average molecular weight is 278 g/mol. The van der Waals surface area contributed by atoms with Crippen molar-refractivity contribution in [2.45, 2.75) is 26.8 Å². The quantitative estimate of drug-likeness (QED) is 0.870. The summed E-state index contributed by atoms with van der Waals surface area (Å²) >= 11 is 5.97. The molecule has 0 aromatic carbocycles. The second-order valence-electron chi connectivity index (χ2n) is 4.39. The molecule has 0 bridgehead atoms. The normalized spacial score (nSPS) is 10.5. The highest BCUT2D eigenvalue weighted by molar-refractivity contribution is 6.32. The van der Waals surface area contributed by atoms with Crippen molar-refractivity contribution in [1.29, 1.82) is 0 Å². The first-order valence-corrected chi connectivity index (χ1v) is 6.58. The fraction of sp³-hybridized carbons (Fsp3) is 0.286. The minimum absolute atomic E-state index is 0.173. The van der Waals surface area contributed by atoms with Crippen LogP contribution in [0.25, 0.3) is 0 Å². The van der Waals surface area contributed by atoms with Crippen molar-refractivity contribution < 1.29 is 4.79 Å². The lowest BCUT2D eigenvalue weighted by atomic mass is 10.3. The summed E-state index contributed by atoms with van der Waals surface area (Å²) in [5.74, 6) is -0.173. The van der Waals surface area contributed by atoms with Gasteiger partial charge < -0.3 is 9.88 Å². The van der Waals surface area contributed by atoms with E-state index in [-0.39, 0.29) is 5.91 Å². The highest BCUT2D eigenvalue weighted by Gasteiger charge is 2.12. The Kier molecular flexibility index (Phi) is 4.22. The number of aryl methyl sites for hydroxylation is 2. The third-order valence-corrected chi connectivity index (χ3v) is 3.05. The van der Waals surface area contributed by atoms with Gasteiger partial charge in [0, 0.05) is 18.9 Å². The number of carbonyl (C=O) groups is 1. The van der Waals surface area contributed by atoms with Crippen LogP contribution < -0.4 is 5.32 Å². The van der Waals surface area contributed by atoms with Crippen LogP contribution in [0.3, 0.4) is 0 Å². The van der Waals surface area contributed by atoms with E-state index in [0.29, 0.717) is 16.5 Å². The van der Waals surface area contributed by atoms with Crippen molar-refractivity contribution in [3.05, 3.63) is 47.0 Å². The van der Waals surface area contributed by atoms with Gasteiger partial charge in [-0.1, -0.05) is 18.5 Å². The number of hydrogen-bond acceptors (Lipinski definition) is 2. The molecule has 0 fully saturated rings. The predicted octanol–water partition coefficient (Wildman–Crippen LogP) is 3.51. The summed E-state index contributed by atoms with van der Waals surface area (Å²) in [6, 6.07) is 5.46. The number of rotatable bonds is 4. The summed E-state index contributed by atoms with van der Waals surface area (Å²) in [6.07, 6.45) is 4.54. The molecule has 0 aliphatic heterocycles. The van der Waals surface area contributed by atoms with Crippen LogP contribution >= 0.6 is 11.6 Å². The van der Waals surface area contributed by atoms with Crippen LogP contribution in [0.2, 0.25) is 5.15 Å². The molecule has 19 heavy (non-hydrogen) atoms. The highest BCUT2D eigenvalue weighted by Crippen LogP contribution is 2.20. The number of nitrogens with zero attached hydrogens (tertiary/aromatic N) is 2. The van der Waals surface area contributed by atoms with E-state index in [2.05, 4.69) is 17.2 Å². The van der Waals surface area contributed by atoms with Gasteiger partial charge in [-0.25, -0.2) is 4.98 Å². The summed E-state index contributed by atoms with van der Waals surface area (Å²) in [5, 5.41) is 3.10.